The molecule has 0 aromatic heterocycles. The molecule has 118 valence electrons. The van der Waals surface area contributed by atoms with Gasteiger partial charge in [0.15, 0.2) is 0 Å². The molecular formula is C11H15ClN2O5S2. The van der Waals surface area contributed by atoms with Crippen molar-refractivity contribution in [3.8, 4) is 0 Å². The van der Waals surface area contributed by atoms with Gasteiger partial charge >= 0.3 is 0 Å². The van der Waals surface area contributed by atoms with Gasteiger partial charge in [-0.05, 0) is 31.0 Å². The van der Waals surface area contributed by atoms with Gasteiger partial charge in [0.2, 0.25) is 20.0 Å². The number of benzene rings is 1. The van der Waals surface area contributed by atoms with Crippen LogP contribution in [0.25, 0.3) is 0 Å². The normalized spacial score (nSPS) is 17.6. The molecule has 1 fully saturated rings. The predicted octanol–water partition coefficient (Wildman–Crippen LogP) is 0.908. The van der Waals surface area contributed by atoms with Crippen LogP contribution in [0.3, 0.4) is 0 Å². The Morgan fingerprint density at radius 1 is 1.19 bits per heavy atom. The Morgan fingerprint density at radius 3 is 2.38 bits per heavy atom. The summed E-state index contributed by atoms with van der Waals surface area (Å²) in [6.07, 6.45) is 0.754. The van der Waals surface area contributed by atoms with E-state index in [2.05, 4.69) is 4.72 Å². The molecule has 0 bridgehead atoms. The molecule has 3 N–H and O–H groups in total. The number of hydrogen-bond acceptors (Lipinski definition) is 5. The summed E-state index contributed by atoms with van der Waals surface area (Å²) < 4.78 is 54.6. The maximum Gasteiger partial charge on any atom is 0.238 e. The van der Waals surface area contributed by atoms with Crippen molar-refractivity contribution in [2.45, 2.75) is 23.0 Å². The third-order valence-corrected chi connectivity index (χ3v) is 6.22. The average Bonchev–Trinajstić information content (AvgIpc) is 2.41. The lowest BCUT2D eigenvalue weighted by molar-refractivity contribution is 0.0984. The highest BCUT2D eigenvalue weighted by Crippen LogP contribution is 2.27. The van der Waals surface area contributed by atoms with Crippen molar-refractivity contribution in [3.05, 3.63) is 23.2 Å². The molecule has 10 heteroatoms. The monoisotopic (exact) mass is 354 g/mol. The second-order valence-corrected chi connectivity index (χ2v) is 8.57. The lowest BCUT2D eigenvalue weighted by Gasteiger charge is -2.23. The van der Waals surface area contributed by atoms with Crippen LogP contribution in [-0.2, 0) is 24.8 Å². The van der Waals surface area contributed by atoms with Gasteiger partial charge in [-0.15, -0.1) is 0 Å². The Morgan fingerprint density at radius 2 is 1.81 bits per heavy atom. The zero-order valence-electron chi connectivity index (χ0n) is 11.0. The van der Waals surface area contributed by atoms with Gasteiger partial charge in [-0.25, -0.2) is 22.0 Å². The number of nitrogens with two attached hydrogens (primary N) is 1. The number of anilines is 1. The van der Waals surface area contributed by atoms with E-state index < -0.39 is 25.3 Å². The minimum atomic E-state index is -3.94. The number of primary sulfonamides is 1. The lowest BCUT2D eigenvalue weighted by atomic mass is 10.2. The number of sulfonamides is 2. The third-order valence-electron chi connectivity index (χ3n) is 3.13. The first kappa shape index (κ1) is 16.5. The third kappa shape index (κ3) is 4.07. The Labute approximate surface area is 128 Å². The zero-order valence-corrected chi connectivity index (χ0v) is 13.3. The van der Waals surface area contributed by atoms with E-state index in [1.807, 2.05) is 0 Å². The quantitative estimate of drug-likeness (QED) is 0.833. The molecule has 0 atom stereocenters. The van der Waals surface area contributed by atoms with Crippen molar-refractivity contribution in [2.75, 3.05) is 17.9 Å². The molecule has 7 nitrogen and oxygen atoms in total. The molecule has 2 rings (SSSR count). The van der Waals surface area contributed by atoms with Gasteiger partial charge in [-0.3, -0.25) is 4.72 Å². The molecule has 1 aliphatic heterocycles. The zero-order chi connectivity index (χ0) is 15.7. The van der Waals surface area contributed by atoms with Crippen molar-refractivity contribution in [2.24, 2.45) is 5.14 Å². The molecular weight excluding hydrogens is 340 g/mol. The Balaban J connectivity index is 2.30. The molecule has 0 spiro atoms. The highest BCUT2D eigenvalue weighted by molar-refractivity contribution is 7.93. The van der Waals surface area contributed by atoms with Crippen molar-refractivity contribution < 1.29 is 21.6 Å². The van der Waals surface area contributed by atoms with Crippen LogP contribution in [0.2, 0.25) is 5.02 Å². The predicted molar refractivity (Wildman–Crippen MR) is 79.2 cm³/mol. The van der Waals surface area contributed by atoms with Crippen LogP contribution in [0.15, 0.2) is 23.1 Å². The fraction of sp³-hybridized carbons (Fsp3) is 0.455. The highest BCUT2D eigenvalue weighted by Gasteiger charge is 2.28. The summed E-state index contributed by atoms with van der Waals surface area (Å²) in [6.45, 7) is 0.743. The van der Waals surface area contributed by atoms with E-state index in [0.29, 0.717) is 26.1 Å². The summed E-state index contributed by atoms with van der Waals surface area (Å²) in [6, 6.07) is 3.60. The van der Waals surface area contributed by atoms with Crippen molar-refractivity contribution in [3.63, 3.8) is 0 Å². The molecule has 0 radical (unpaired) electrons. The van der Waals surface area contributed by atoms with Gasteiger partial charge in [-0.2, -0.15) is 0 Å². The van der Waals surface area contributed by atoms with Crippen LogP contribution in [0, 0.1) is 0 Å². The molecule has 1 saturated heterocycles. The van der Waals surface area contributed by atoms with Gasteiger partial charge in [0.05, 0.1) is 20.9 Å². The molecule has 1 heterocycles. The molecule has 0 saturated carbocycles. The minimum absolute atomic E-state index is 0.00492. The van der Waals surface area contributed by atoms with Crippen LogP contribution in [0.1, 0.15) is 12.8 Å². The van der Waals surface area contributed by atoms with E-state index in [1.165, 1.54) is 12.1 Å². The van der Waals surface area contributed by atoms with Gasteiger partial charge in [0.1, 0.15) is 0 Å². The number of ether oxygens (including phenoxy) is 1. The van der Waals surface area contributed by atoms with E-state index in [0.717, 1.165) is 6.07 Å². The van der Waals surface area contributed by atoms with Crippen LogP contribution >= 0.6 is 11.6 Å². The van der Waals surface area contributed by atoms with Gasteiger partial charge in [0, 0.05) is 13.2 Å². The largest absolute Gasteiger partial charge is 0.381 e. The Hall–Kier alpha value is -0.870. The van der Waals surface area contributed by atoms with Crippen molar-refractivity contribution in [1.29, 1.82) is 0 Å². The van der Waals surface area contributed by atoms with E-state index in [4.69, 9.17) is 21.5 Å². The summed E-state index contributed by atoms with van der Waals surface area (Å²) in [5, 5.41) is 4.52. The number of hydrogen-bond donors (Lipinski definition) is 2. The number of nitrogens with one attached hydrogen (secondary N) is 1. The molecule has 0 aliphatic carbocycles. The SMILES string of the molecule is NS(=O)(=O)c1ccc(Cl)c(NS(=O)(=O)C2CCOCC2)c1. The summed E-state index contributed by atoms with van der Waals surface area (Å²) in [5.74, 6) is 0. The first-order chi connectivity index (χ1) is 9.70. The van der Waals surface area contributed by atoms with E-state index in [1.54, 1.807) is 0 Å². The number of halogens is 1. The summed E-state index contributed by atoms with van der Waals surface area (Å²) in [7, 11) is -7.61. The van der Waals surface area contributed by atoms with Crippen molar-refractivity contribution in [1.82, 2.24) is 0 Å². The van der Waals surface area contributed by atoms with E-state index >= 15 is 0 Å². The van der Waals surface area contributed by atoms with Crippen LogP contribution in [0.5, 0.6) is 0 Å². The van der Waals surface area contributed by atoms with Crippen LogP contribution < -0.4 is 9.86 Å². The average molecular weight is 355 g/mol. The fourth-order valence-electron chi connectivity index (χ4n) is 1.98. The van der Waals surface area contributed by atoms with Gasteiger partial charge < -0.3 is 4.74 Å². The molecule has 0 unspecified atom stereocenters. The molecule has 0 amide bonds. The summed E-state index contributed by atoms with van der Waals surface area (Å²) in [5.41, 5.74) is -0.00492. The summed E-state index contributed by atoms with van der Waals surface area (Å²) in [4.78, 5) is -0.212. The van der Waals surface area contributed by atoms with Gasteiger partial charge in [-0.1, -0.05) is 11.6 Å². The van der Waals surface area contributed by atoms with Crippen molar-refractivity contribution >= 4 is 37.3 Å². The maximum atomic E-state index is 12.3. The smallest absolute Gasteiger partial charge is 0.238 e. The molecule has 21 heavy (non-hydrogen) atoms. The molecule has 1 aliphatic rings. The fourth-order valence-corrected chi connectivity index (χ4v) is 4.20. The standard InChI is InChI=1S/C11H15ClN2O5S2/c12-10-2-1-9(20(13,15)16)7-11(10)14-21(17,18)8-3-5-19-6-4-8/h1-2,7-8,14H,3-6H2,(H2,13,15,16). The second-order valence-electron chi connectivity index (χ2n) is 4.65. The maximum absolute atomic E-state index is 12.3. The lowest BCUT2D eigenvalue weighted by Crippen LogP contribution is -2.33. The highest BCUT2D eigenvalue weighted by atomic mass is 35.5. The van der Waals surface area contributed by atoms with E-state index in [-0.39, 0.29) is 15.6 Å². The first-order valence-electron chi connectivity index (χ1n) is 6.12. The first-order valence-corrected chi connectivity index (χ1v) is 9.59. The summed E-state index contributed by atoms with van der Waals surface area (Å²) >= 11 is 5.90. The Kier molecular flexibility index (Phi) is 4.79. The van der Waals surface area contributed by atoms with Crippen LogP contribution in [0.4, 0.5) is 5.69 Å². The Bertz CT molecular complexity index is 727. The topological polar surface area (TPSA) is 116 Å². The minimum Gasteiger partial charge on any atom is -0.381 e. The molecule has 1 aromatic rings. The number of rotatable bonds is 4. The molecule has 1 aromatic carbocycles. The second kappa shape index (κ2) is 6.09. The van der Waals surface area contributed by atoms with Crippen LogP contribution in [-0.4, -0.2) is 35.3 Å². The van der Waals surface area contributed by atoms with Gasteiger partial charge in [0.25, 0.3) is 0 Å². The van der Waals surface area contributed by atoms with E-state index in [9.17, 15) is 16.8 Å².